The van der Waals surface area contributed by atoms with Gasteiger partial charge in [-0.25, -0.2) is 4.79 Å². The van der Waals surface area contributed by atoms with Crippen molar-refractivity contribution in [3.8, 4) is 0 Å². The number of halogens is 4. The molecular weight excluding hydrogens is 409 g/mol. The Bertz CT molecular complexity index is 661. The normalized spacial score (nSPS) is 10.7. The number of benzene rings is 1. The fraction of sp³-hybridized carbons (Fsp3) is 0.0909. The fourth-order valence-electron chi connectivity index (χ4n) is 1.46. The van der Waals surface area contributed by atoms with Crippen molar-refractivity contribution in [1.29, 1.82) is 0 Å². The third kappa shape index (κ3) is 2.25. The van der Waals surface area contributed by atoms with E-state index in [4.69, 9.17) is 23.2 Å². The summed E-state index contributed by atoms with van der Waals surface area (Å²) in [5.41, 5.74) is 0.847. The van der Waals surface area contributed by atoms with Gasteiger partial charge in [-0.05, 0) is 37.9 Å². The van der Waals surface area contributed by atoms with Crippen molar-refractivity contribution < 1.29 is 9.53 Å². The zero-order valence-electron chi connectivity index (χ0n) is 8.93. The summed E-state index contributed by atoms with van der Waals surface area (Å²) in [5.74, 6) is -0.474. The lowest BCUT2D eigenvalue weighted by Gasteiger charge is -2.09. The number of carbonyl (C=O) groups is 1. The molecule has 0 aliphatic carbocycles. The lowest BCUT2D eigenvalue weighted by molar-refractivity contribution is 0.0599. The highest BCUT2D eigenvalue weighted by atomic mass is 79.9. The smallest absolute Gasteiger partial charge is 0.340 e. The van der Waals surface area contributed by atoms with Crippen LogP contribution in [-0.4, -0.2) is 18.1 Å². The minimum atomic E-state index is -0.474. The van der Waals surface area contributed by atoms with Crippen LogP contribution in [0.1, 0.15) is 10.4 Å². The Kier molecular flexibility index (Phi) is 4.16. The van der Waals surface area contributed by atoms with E-state index in [1.165, 1.54) is 13.3 Å². The molecule has 1 heterocycles. The number of ether oxygens (including phenoxy) is 1. The molecule has 0 aliphatic rings. The summed E-state index contributed by atoms with van der Waals surface area (Å²) in [6.45, 7) is 0. The number of rotatable bonds is 1. The van der Waals surface area contributed by atoms with Gasteiger partial charge in [-0.15, -0.1) is 0 Å². The van der Waals surface area contributed by atoms with Crippen LogP contribution in [0.3, 0.4) is 0 Å². The van der Waals surface area contributed by atoms with Gasteiger partial charge in [-0.1, -0.05) is 23.2 Å². The second kappa shape index (κ2) is 5.33. The highest BCUT2D eigenvalue weighted by molar-refractivity contribution is 9.11. The molecular formula is C11H5Br2Cl2NO2. The number of carbonyl (C=O) groups excluding carboxylic acids is 1. The van der Waals surface area contributed by atoms with Gasteiger partial charge in [-0.2, -0.15) is 0 Å². The van der Waals surface area contributed by atoms with E-state index in [1.807, 2.05) is 0 Å². The first kappa shape index (κ1) is 14.1. The van der Waals surface area contributed by atoms with Gasteiger partial charge in [0.15, 0.2) is 0 Å². The lowest BCUT2D eigenvalue weighted by atomic mass is 10.1. The average Bonchev–Trinajstić information content (AvgIpc) is 2.36. The minimum absolute atomic E-state index is 0.329. The third-order valence-electron chi connectivity index (χ3n) is 2.34. The van der Waals surface area contributed by atoms with E-state index in [0.717, 1.165) is 0 Å². The van der Waals surface area contributed by atoms with Crippen molar-refractivity contribution in [3.05, 3.63) is 36.8 Å². The molecule has 0 saturated carbocycles. The summed E-state index contributed by atoms with van der Waals surface area (Å²) in [4.78, 5) is 15.7. The van der Waals surface area contributed by atoms with Gasteiger partial charge in [0.05, 0.1) is 28.2 Å². The quantitative estimate of drug-likeness (QED) is 0.495. The van der Waals surface area contributed by atoms with Crippen LogP contribution in [0.5, 0.6) is 0 Å². The SMILES string of the molecule is COC(=O)c1cnc2c(Cl)c(Cl)c(Br)cc2c1Br. The molecule has 0 unspecified atom stereocenters. The maximum absolute atomic E-state index is 11.6. The Labute approximate surface area is 130 Å². The van der Waals surface area contributed by atoms with Crippen LogP contribution in [0, 0.1) is 0 Å². The Morgan fingerprint density at radius 1 is 1.33 bits per heavy atom. The van der Waals surface area contributed by atoms with Gasteiger partial charge in [0.2, 0.25) is 0 Å². The van der Waals surface area contributed by atoms with Gasteiger partial charge in [0, 0.05) is 20.5 Å². The Morgan fingerprint density at radius 2 is 2.00 bits per heavy atom. The molecule has 2 aromatic rings. The molecule has 0 atom stereocenters. The van der Waals surface area contributed by atoms with Gasteiger partial charge >= 0.3 is 5.97 Å². The first-order valence-corrected chi connectivity index (χ1v) is 7.01. The van der Waals surface area contributed by atoms with Crippen LogP contribution in [0.4, 0.5) is 0 Å². The number of pyridine rings is 1. The number of nitrogens with zero attached hydrogens (tertiary/aromatic N) is 1. The highest BCUT2D eigenvalue weighted by Crippen LogP contribution is 2.39. The van der Waals surface area contributed by atoms with Crippen LogP contribution in [0.15, 0.2) is 21.2 Å². The summed E-state index contributed by atoms with van der Waals surface area (Å²) in [5, 5.41) is 1.40. The minimum Gasteiger partial charge on any atom is -0.465 e. The first-order chi connectivity index (χ1) is 8.47. The lowest BCUT2D eigenvalue weighted by Crippen LogP contribution is -2.03. The maximum atomic E-state index is 11.6. The van der Waals surface area contributed by atoms with Crippen molar-refractivity contribution in [1.82, 2.24) is 4.98 Å². The second-order valence-electron chi connectivity index (χ2n) is 3.36. The predicted molar refractivity (Wildman–Crippen MR) is 78.5 cm³/mol. The standard InChI is InChI=1S/C11H5Br2Cl2NO2/c1-18-11(17)5-3-16-10-4(7(5)13)2-6(12)8(14)9(10)15/h2-3H,1H3. The summed E-state index contributed by atoms with van der Waals surface area (Å²) >= 11 is 18.8. The monoisotopic (exact) mass is 411 g/mol. The molecule has 94 valence electrons. The predicted octanol–water partition coefficient (Wildman–Crippen LogP) is 4.85. The molecule has 3 nitrogen and oxygen atoms in total. The van der Waals surface area contributed by atoms with Crippen molar-refractivity contribution in [2.75, 3.05) is 7.11 Å². The summed E-state index contributed by atoms with van der Waals surface area (Å²) in [6.07, 6.45) is 1.40. The first-order valence-electron chi connectivity index (χ1n) is 4.67. The third-order valence-corrected chi connectivity index (χ3v) is 4.90. The molecule has 0 spiro atoms. The highest BCUT2D eigenvalue weighted by Gasteiger charge is 2.17. The van der Waals surface area contributed by atoms with Gasteiger partial charge < -0.3 is 4.74 Å². The average molecular weight is 414 g/mol. The van der Waals surface area contributed by atoms with E-state index >= 15 is 0 Å². The fourth-order valence-corrected chi connectivity index (χ4v) is 2.97. The zero-order valence-corrected chi connectivity index (χ0v) is 13.6. The van der Waals surface area contributed by atoms with E-state index in [0.29, 0.717) is 35.5 Å². The molecule has 0 amide bonds. The molecule has 0 bridgehead atoms. The van der Waals surface area contributed by atoms with E-state index in [9.17, 15) is 4.79 Å². The Morgan fingerprint density at radius 3 is 2.61 bits per heavy atom. The zero-order chi connectivity index (χ0) is 13.4. The van der Waals surface area contributed by atoms with Gasteiger partial charge in [0.25, 0.3) is 0 Å². The number of fused-ring (bicyclic) bond motifs is 1. The largest absolute Gasteiger partial charge is 0.465 e. The van der Waals surface area contributed by atoms with E-state index < -0.39 is 5.97 Å². The maximum Gasteiger partial charge on any atom is 0.340 e. The van der Waals surface area contributed by atoms with Crippen molar-refractivity contribution in [2.45, 2.75) is 0 Å². The molecule has 0 saturated heterocycles. The van der Waals surface area contributed by atoms with Crippen LogP contribution in [0.25, 0.3) is 10.9 Å². The summed E-state index contributed by atoms with van der Waals surface area (Å²) in [6, 6.07) is 1.74. The van der Waals surface area contributed by atoms with Crippen LogP contribution in [0.2, 0.25) is 10.0 Å². The summed E-state index contributed by atoms with van der Waals surface area (Å²) < 4.78 is 5.87. The molecule has 0 aliphatic heterocycles. The summed E-state index contributed by atoms with van der Waals surface area (Å²) in [7, 11) is 1.31. The number of methoxy groups -OCH3 is 1. The van der Waals surface area contributed by atoms with Crippen LogP contribution in [-0.2, 0) is 4.74 Å². The molecule has 0 fully saturated rings. The molecule has 7 heteroatoms. The number of hydrogen-bond donors (Lipinski definition) is 0. The second-order valence-corrected chi connectivity index (χ2v) is 5.76. The molecule has 2 rings (SSSR count). The van der Waals surface area contributed by atoms with E-state index in [2.05, 4.69) is 41.6 Å². The molecule has 1 aromatic heterocycles. The van der Waals surface area contributed by atoms with Crippen molar-refractivity contribution in [3.63, 3.8) is 0 Å². The molecule has 0 radical (unpaired) electrons. The molecule has 1 aromatic carbocycles. The van der Waals surface area contributed by atoms with Crippen molar-refractivity contribution >= 4 is 71.9 Å². The number of esters is 1. The number of aromatic nitrogens is 1. The topological polar surface area (TPSA) is 39.2 Å². The van der Waals surface area contributed by atoms with E-state index in [-0.39, 0.29) is 0 Å². The molecule has 18 heavy (non-hydrogen) atoms. The molecule has 0 N–H and O–H groups in total. The van der Waals surface area contributed by atoms with Crippen molar-refractivity contribution in [2.24, 2.45) is 0 Å². The van der Waals surface area contributed by atoms with Crippen LogP contribution < -0.4 is 0 Å². The van der Waals surface area contributed by atoms with E-state index in [1.54, 1.807) is 6.07 Å². The van der Waals surface area contributed by atoms with Gasteiger partial charge in [-0.3, -0.25) is 4.98 Å². The van der Waals surface area contributed by atoms with Crippen LogP contribution >= 0.6 is 55.1 Å². The Balaban J connectivity index is 2.84. The Hall–Kier alpha value is -0.360. The number of hydrogen-bond acceptors (Lipinski definition) is 3. The van der Waals surface area contributed by atoms with Gasteiger partial charge in [0.1, 0.15) is 0 Å².